The number of amides is 3. The van der Waals surface area contributed by atoms with Crippen molar-refractivity contribution < 1.29 is 29.4 Å². The number of carbonyl (C=O) groups excluding carboxylic acids is 3. The Labute approximate surface area is 194 Å². The first kappa shape index (κ1) is 30.1. The standard InChI is InChI=1S/C21H40N4O6S/c1-4-5-6-7-8-9-17(27)23-15(10-12-22)19(28)25-18(14(2)26)20(29)24-16(21(30)31)11-13-32-3/h14-16,18,26H,4-13,22H2,1-3H3,(H,23,27)(H,24,29)(H,25,28)(H,30,31)/t14-,15+,16+,18+/m1/s1. The van der Waals surface area contributed by atoms with Gasteiger partial charge in [0, 0.05) is 6.42 Å². The van der Waals surface area contributed by atoms with Crippen LogP contribution in [0.15, 0.2) is 0 Å². The van der Waals surface area contributed by atoms with Gasteiger partial charge in [-0.15, -0.1) is 0 Å². The van der Waals surface area contributed by atoms with E-state index in [0.717, 1.165) is 25.7 Å². The highest BCUT2D eigenvalue weighted by atomic mass is 32.2. The summed E-state index contributed by atoms with van der Waals surface area (Å²) in [5.74, 6) is -2.43. The number of hydrogen-bond acceptors (Lipinski definition) is 7. The van der Waals surface area contributed by atoms with Gasteiger partial charge in [-0.3, -0.25) is 14.4 Å². The van der Waals surface area contributed by atoms with Crippen LogP contribution in [0, 0.1) is 0 Å². The Morgan fingerprint density at radius 2 is 1.59 bits per heavy atom. The van der Waals surface area contributed by atoms with E-state index in [9.17, 15) is 29.4 Å². The Morgan fingerprint density at radius 1 is 0.938 bits per heavy atom. The van der Waals surface area contributed by atoms with Gasteiger partial charge in [-0.25, -0.2) is 4.79 Å². The molecular formula is C21H40N4O6S. The first-order chi connectivity index (χ1) is 15.2. The second kappa shape index (κ2) is 17.7. The zero-order valence-corrected chi connectivity index (χ0v) is 20.2. The molecule has 0 heterocycles. The number of nitrogens with one attached hydrogen (secondary N) is 3. The molecule has 32 heavy (non-hydrogen) atoms. The number of hydrogen-bond donors (Lipinski definition) is 6. The van der Waals surface area contributed by atoms with Gasteiger partial charge in [0.15, 0.2) is 0 Å². The summed E-state index contributed by atoms with van der Waals surface area (Å²) >= 11 is 1.44. The number of aliphatic carboxylic acids is 1. The summed E-state index contributed by atoms with van der Waals surface area (Å²) in [6.45, 7) is 3.56. The van der Waals surface area contributed by atoms with E-state index >= 15 is 0 Å². The summed E-state index contributed by atoms with van der Waals surface area (Å²) in [5, 5.41) is 26.7. The van der Waals surface area contributed by atoms with E-state index in [-0.39, 0.29) is 31.7 Å². The van der Waals surface area contributed by atoms with Crippen molar-refractivity contribution in [2.75, 3.05) is 18.6 Å². The summed E-state index contributed by atoms with van der Waals surface area (Å²) in [7, 11) is 0. The second-order valence-corrected chi connectivity index (χ2v) is 8.76. The van der Waals surface area contributed by atoms with Crippen molar-refractivity contribution in [2.24, 2.45) is 5.73 Å². The lowest BCUT2D eigenvalue weighted by Crippen LogP contribution is -2.59. The highest BCUT2D eigenvalue weighted by Gasteiger charge is 2.31. The van der Waals surface area contributed by atoms with E-state index in [1.807, 2.05) is 6.26 Å². The predicted octanol–water partition coefficient (Wildman–Crippen LogP) is 0.369. The molecule has 0 fully saturated rings. The number of aliphatic hydroxyl groups is 1. The fourth-order valence-corrected chi connectivity index (χ4v) is 3.48. The summed E-state index contributed by atoms with van der Waals surface area (Å²) in [6, 6.07) is -3.46. The van der Waals surface area contributed by atoms with Gasteiger partial charge in [-0.1, -0.05) is 32.6 Å². The molecule has 0 saturated heterocycles. The lowest BCUT2D eigenvalue weighted by Gasteiger charge is -2.26. The zero-order chi connectivity index (χ0) is 24.5. The van der Waals surface area contributed by atoms with Crippen LogP contribution in [0.5, 0.6) is 0 Å². The molecule has 0 aliphatic heterocycles. The SMILES string of the molecule is CCCCCCCC(=O)N[C@@H](CCN)C(=O)N[C@H](C(=O)N[C@@H](CCSC)C(=O)O)[C@@H](C)O. The molecule has 0 aliphatic rings. The smallest absolute Gasteiger partial charge is 0.326 e. The third kappa shape index (κ3) is 12.9. The Balaban J connectivity index is 4.98. The summed E-state index contributed by atoms with van der Waals surface area (Å²) in [4.78, 5) is 48.9. The van der Waals surface area contributed by atoms with E-state index in [2.05, 4.69) is 22.9 Å². The highest BCUT2D eigenvalue weighted by Crippen LogP contribution is 2.06. The molecule has 0 unspecified atom stereocenters. The van der Waals surface area contributed by atoms with Crippen LogP contribution in [-0.2, 0) is 19.2 Å². The lowest BCUT2D eigenvalue weighted by atomic mass is 10.1. The molecule has 10 nitrogen and oxygen atoms in total. The van der Waals surface area contributed by atoms with Crippen LogP contribution in [0.2, 0.25) is 0 Å². The third-order valence-corrected chi connectivity index (χ3v) is 5.55. The minimum atomic E-state index is -1.37. The third-order valence-electron chi connectivity index (χ3n) is 4.90. The van der Waals surface area contributed by atoms with E-state index in [0.29, 0.717) is 12.2 Å². The summed E-state index contributed by atoms with van der Waals surface area (Å²) < 4.78 is 0. The first-order valence-corrected chi connectivity index (χ1v) is 12.6. The van der Waals surface area contributed by atoms with Gasteiger partial charge in [0.25, 0.3) is 0 Å². The number of carbonyl (C=O) groups is 4. The summed E-state index contributed by atoms with van der Waals surface area (Å²) in [6.07, 6.45) is 6.10. The van der Waals surface area contributed by atoms with Crippen molar-refractivity contribution in [1.29, 1.82) is 0 Å². The molecule has 0 aliphatic carbocycles. The second-order valence-electron chi connectivity index (χ2n) is 7.77. The number of rotatable bonds is 18. The molecule has 0 aromatic rings. The molecule has 0 spiro atoms. The zero-order valence-electron chi connectivity index (χ0n) is 19.4. The number of thioether (sulfide) groups is 1. The van der Waals surface area contributed by atoms with Gasteiger partial charge in [-0.05, 0) is 44.7 Å². The van der Waals surface area contributed by atoms with E-state index in [1.54, 1.807) is 0 Å². The molecule has 0 saturated carbocycles. The minimum Gasteiger partial charge on any atom is -0.480 e. The number of unbranched alkanes of at least 4 members (excludes halogenated alkanes) is 4. The van der Waals surface area contributed by atoms with E-state index in [4.69, 9.17) is 5.73 Å². The van der Waals surface area contributed by atoms with Crippen molar-refractivity contribution in [1.82, 2.24) is 16.0 Å². The maximum absolute atomic E-state index is 12.7. The van der Waals surface area contributed by atoms with Gasteiger partial charge in [-0.2, -0.15) is 11.8 Å². The Hall–Kier alpha value is -1.85. The molecule has 0 radical (unpaired) electrons. The van der Waals surface area contributed by atoms with Gasteiger partial charge in [0.2, 0.25) is 17.7 Å². The molecule has 0 aromatic carbocycles. The van der Waals surface area contributed by atoms with Crippen LogP contribution in [0.3, 0.4) is 0 Å². The molecular weight excluding hydrogens is 436 g/mol. The van der Waals surface area contributed by atoms with Gasteiger partial charge >= 0.3 is 5.97 Å². The van der Waals surface area contributed by atoms with Crippen molar-refractivity contribution >= 4 is 35.5 Å². The van der Waals surface area contributed by atoms with E-state index in [1.165, 1.54) is 18.7 Å². The molecule has 3 amide bonds. The fraction of sp³-hybridized carbons (Fsp3) is 0.810. The molecule has 11 heteroatoms. The van der Waals surface area contributed by atoms with Crippen molar-refractivity contribution in [3.8, 4) is 0 Å². The minimum absolute atomic E-state index is 0.135. The van der Waals surface area contributed by atoms with Crippen molar-refractivity contribution in [2.45, 2.75) is 89.4 Å². The fourth-order valence-electron chi connectivity index (χ4n) is 3.00. The van der Waals surface area contributed by atoms with Crippen LogP contribution in [0.25, 0.3) is 0 Å². The van der Waals surface area contributed by atoms with Crippen molar-refractivity contribution in [3.63, 3.8) is 0 Å². The van der Waals surface area contributed by atoms with Crippen LogP contribution < -0.4 is 21.7 Å². The Bertz CT molecular complexity index is 591. The van der Waals surface area contributed by atoms with Crippen LogP contribution in [-0.4, -0.2) is 76.7 Å². The quantitative estimate of drug-likeness (QED) is 0.154. The monoisotopic (exact) mass is 476 g/mol. The van der Waals surface area contributed by atoms with Crippen LogP contribution in [0.1, 0.15) is 65.2 Å². The number of carboxylic acid groups (broad SMARTS) is 1. The molecule has 4 atom stereocenters. The number of aliphatic hydroxyl groups excluding tert-OH is 1. The Kier molecular flexibility index (Phi) is 16.7. The van der Waals surface area contributed by atoms with Crippen molar-refractivity contribution in [3.05, 3.63) is 0 Å². The maximum atomic E-state index is 12.7. The van der Waals surface area contributed by atoms with Gasteiger partial charge < -0.3 is 31.9 Å². The molecule has 0 bridgehead atoms. The van der Waals surface area contributed by atoms with Crippen LogP contribution in [0.4, 0.5) is 0 Å². The highest BCUT2D eigenvalue weighted by molar-refractivity contribution is 7.98. The average Bonchev–Trinajstić information content (AvgIpc) is 2.73. The Morgan fingerprint density at radius 3 is 2.12 bits per heavy atom. The number of nitrogens with two attached hydrogens (primary N) is 1. The van der Waals surface area contributed by atoms with Gasteiger partial charge in [0.05, 0.1) is 6.10 Å². The predicted molar refractivity (Wildman–Crippen MR) is 125 cm³/mol. The topological polar surface area (TPSA) is 171 Å². The largest absolute Gasteiger partial charge is 0.480 e. The maximum Gasteiger partial charge on any atom is 0.326 e. The van der Waals surface area contributed by atoms with Crippen LogP contribution >= 0.6 is 11.8 Å². The van der Waals surface area contributed by atoms with E-state index < -0.39 is 42.0 Å². The number of carboxylic acids is 1. The van der Waals surface area contributed by atoms with Gasteiger partial charge in [0.1, 0.15) is 18.1 Å². The molecule has 186 valence electrons. The molecule has 0 aromatic heterocycles. The lowest BCUT2D eigenvalue weighted by molar-refractivity contribution is -0.143. The summed E-state index contributed by atoms with van der Waals surface area (Å²) in [5.41, 5.74) is 5.57. The molecule has 0 rings (SSSR count). The average molecular weight is 477 g/mol. The normalized spacial score (nSPS) is 14.7. The first-order valence-electron chi connectivity index (χ1n) is 11.2. The molecule has 7 N–H and O–H groups in total.